The van der Waals surface area contributed by atoms with E-state index in [9.17, 15) is 0 Å². The molecule has 1 fully saturated rings. The Morgan fingerprint density at radius 2 is 2.29 bits per heavy atom. The normalized spacial score (nSPS) is 19.1. The number of aromatic nitrogens is 2. The molecule has 1 saturated heterocycles. The molecule has 0 bridgehead atoms. The zero-order valence-corrected chi connectivity index (χ0v) is 18.3. The van der Waals surface area contributed by atoms with Crippen LogP contribution < -0.4 is 11.1 Å². The van der Waals surface area contributed by atoms with Crippen LogP contribution in [0.15, 0.2) is 22.8 Å². The zero-order valence-electron chi connectivity index (χ0n) is 14.6. The number of ether oxygens (including phenoxy) is 1. The Morgan fingerprint density at radius 1 is 1.50 bits per heavy atom. The fourth-order valence-electron chi connectivity index (χ4n) is 2.97. The topological polar surface area (TPSA) is 124 Å². The lowest BCUT2D eigenvalue weighted by atomic mass is 9.94. The third kappa shape index (κ3) is 4.74. The number of carbonyl (C=O) groups is 1. The van der Waals surface area contributed by atoms with Crippen LogP contribution >= 0.6 is 45.5 Å². The van der Waals surface area contributed by atoms with Crippen molar-refractivity contribution in [1.82, 2.24) is 9.97 Å². The number of nitrogens with one attached hydrogen (secondary N) is 1. The molecule has 150 valence electrons. The number of rotatable bonds is 4. The van der Waals surface area contributed by atoms with Gasteiger partial charge in [0.25, 0.3) is 6.47 Å². The van der Waals surface area contributed by atoms with Gasteiger partial charge in [0.15, 0.2) is 0 Å². The van der Waals surface area contributed by atoms with Crippen LogP contribution in [-0.2, 0) is 16.1 Å². The Balaban J connectivity index is 0.000000706. The van der Waals surface area contributed by atoms with E-state index in [0.29, 0.717) is 13.2 Å². The van der Waals surface area contributed by atoms with Crippen LogP contribution in [0.3, 0.4) is 0 Å². The zero-order chi connectivity index (χ0) is 20.1. The molecule has 11 heteroatoms. The second-order valence-corrected chi connectivity index (χ2v) is 8.44. The maximum Gasteiger partial charge on any atom is 0.290 e. The molecule has 0 aliphatic carbocycles. The number of anilines is 1. The Hall–Kier alpha value is -1.47. The van der Waals surface area contributed by atoms with E-state index in [-0.39, 0.29) is 23.7 Å². The number of nitrogens with zero attached hydrogens (tertiary/aromatic N) is 2. The highest BCUT2D eigenvalue weighted by Gasteiger charge is 2.29. The van der Waals surface area contributed by atoms with Gasteiger partial charge < -0.3 is 25.3 Å². The molecule has 4 heterocycles. The first-order valence-electron chi connectivity index (χ1n) is 8.38. The lowest BCUT2D eigenvalue weighted by molar-refractivity contribution is -0.122. The van der Waals surface area contributed by atoms with Gasteiger partial charge >= 0.3 is 0 Å². The van der Waals surface area contributed by atoms with E-state index in [0.717, 1.165) is 38.4 Å². The van der Waals surface area contributed by atoms with Gasteiger partial charge in [-0.1, -0.05) is 0 Å². The molecule has 0 saturated carbocycles. The lowest BCUT2D eigenvalue weighted by Gasteiger charge is -2.28. The highest BCUT2D eigenvalue weighted by Crippen LogP contribution is 2.42. The molecule has 4 rings (SSSR count). The Labute approximate surface area is 183 Å². The van der Waals surface area contributed by atoms with Gasteiger partial charge in [-0.25, -0.2) is 4.98 Å². The molecule has 3 aromatic rings. The van der Waals surface area contributed by atoms with Crippen molar-refractivity contribution in [3.63, 3.8) is 0 Å². The molecule has 8 nitrogen and oxygen atoms in total. The molecule has 0 amide bonds. The largest absolute Gasteiger partial charge is 0.483 e. The summed E-state index contributed by atoms with van der Waals surface area (Å²) in [7, 11) is 0. The van der Waals surface area contributed by atoms with Gasteiger partial charge in [0.2, 0.25) is 5.28 Å². The number of hydrogen-bond donors (Lipinski definition) is 3. The summed E-state index contributed by atoms with van der Waals surface area (Å²) in [6.45, 7) is 1.61. The summed E-state index contributed by atoms with van der Waals surface area (Å²) in [5.74, 6) is 1.83. The van der Waals surface area contributed by atoms with E-state index in [1.54, 1.807) is 17.6 Å². The highest BCUT2D eigenvalue weighted by atomic mass is 127. The van der Waals surface area contributed by atoms with E-state index in [2.05, 4.69) is 37.9 Å². The number of carboxylic acid groups (broad SMARTS) is 1. The van der Waals surface area contributed by atoms with Crippen LogP contribution in [-0.4, -0.2) is 40.8 Å². The van der Waals surface area contributed by atoms with Crippen LogP contribution in [0.1, 0.15) is 23.0 Å². The Bertz CT molecular complexity index is 937. The van der Waals surface area contributed by atoms with E-state index in [1.807, 2.05) is 12.1 Å². The second-order valence-electron chi connectivity index (χ2n) is 5.97. The smallest absolute Gasteiger partial charge is 0.290 e. The quantitative estimate of drug-likeness (QED) is 0.262. The Kier molecular flexibility index (Phi) is 7.46. The Morgan fingerprint density at radius 3 is 2.96 bits per heavy atom. The minimum Gasteiger partial charge on any atom is -0.483 e. The van der Waals surface area contributed by atoms with Gasteiger partial charge in [0, 0.05) is 23.4 Å². The van der Waals surface area contributed by atoms with Crippen molar-refractivity contribution in [2.45, 2.75) is 24.9 Å². The summed E-state index contributed by atoms with van der Waals surface area (Å²) >= 11 is 10.2. The van der Waals surface area contributed by atoms with Crippen LogP contribution in [0.25, 0.3) is 10.2 Å². The summed E-state index contributed by atoms with van der Waals surface area (Å²) < 4.78 is 12.9. The van der Waals surface area contributed by atoms with E-state index >= 15 is 0 Å². The van der Waals surface area contributed by atoms with Crippen molar-refractivity contribution in [3.05, 3.63) is 37.9 Å². The second kappa shape index (κ2) is 9.83. The molecular formula is C17H18ClIN4O4S. The van der Waals surface area contributed by atoms with Crippen molar-refractivity contribution in [3.8, 4) is 0 Å². The first-order valence-corrected chi connectivity index (χ1v) is 10.6. The van der Waals surface area contributed by atoms with Gasteiger partial charge in [0.1, 0.15) is 17.1 Å². The summed E-state index contributed by atoms with van der Waals surface area (Å²) in [6, 6.07) is 3.77. The third-order valence-electron chi connectivity index (χ3n) is 4.22. The molecule has 4 N–H and O–H groups in total. The summed E-state index contributed by atoms with van der Waals surface area (Å²) in [4.78, 5) is 18.4. The van der Waals surface area contributed by atoms with E-state index in [1.165, 1.54) is 4.88 Å². The fraction of sp³-hybridized carbons (Fsp3) is 0.353. The molecule has 3 aromatic heterocycles. The van der Waals surface area contributed by atoms with Crippen molar-refractivity contribution in [2.24, 2.45) is 5.73 Å². The summed E-state index contributed by atoms with van der Waals surface area (Å²) in [5.41, 5.74) is 7.16. The van der Waals surface area contributed by atoms with Crippen LogP contribution in [0, 0.1) is 3.57 Å². The van der Waals surface area contributed by atoms with Crippen molar-refractivity contribution in [2.75, 3.05) is 18.5 Å². The number of thiophene rings is 1. The lowest BCUT2D eigenvalue weighted by Crippen LogP contribution is -2.37. The number of hydrogen-bond acceptors (Lipinski definition) is 8. The first-order chi connectivity index (χ1) is 13.5. The highest BCUT2D eigenvalue weighted by molar-refractivity contribution is 14.1. The summed E-state index contributed by atoms with van der Waals surface area (Å²) in [5, 5.41) is 10.4. The van der Waals surface area contributed by atoms with E-state index < -0.39 is 0 Å². The van der Waals surface area contributed by atoms with Gasteiger partial charge in [-0.15, -0.1) is 11.3 Å². The predicted octanol–water partition coefficient (Wildman–Crippen LogP) is 3.69. The maximum atomic E-state index is 8.36. The molecule has 0 radical (unpaired) electrons. The van der Waals surface area contributed by atoms with Crippen LogP contribution in [0.5, 0.6) is 0 Å². The van der Waals surface area contributed by atoms with Gasteiger partial charge in [-0.2, -0.15) is 4.98 Å². The minimum absolute atomic E-state index is 0.00159. The fourth-order valence-corrected chi connectivity index (χ4v) is 5.75. The third-order valence-corrected chi connectivity index (χ3v) is 7.17. The van der Waals surface area contributed by atoms with Crippen molar-refractivity contribution >= 4 is 68.0 Å². The van der Waals surface area contributed by atoms with Crippen LogP contribution in [0.2, 0.25) is 5.28 Å². The number of fused-ring (bicyclic) bond motifs is 1. The molecule has 0 spiro atoms. The molecule has 0 unspecified atom stereocenters. The average molecular weight is 537 g/mol. The molecule has 1 aliphatic heterocycles. The number of furan rings is 1. The molecule has 1 aliphatic rings. The monoisotopic (exact) mass is 536 g/mol. The minimum atomic E-state index is -0.250. The summed E-state index contributed by atoms with van der Waals surface area (Å²) in [6.07, 6.45) is 2.57. The average Bonchev–Trinajstić information content (AvgIpc) is 3.30. The van der Waals surface area contributed by atoms with Crippen molar-refractivity contribution < 1.29 is 19.1 Å². The SMILES string of the molecule is N[C@H]1COCC[C@@H]1c1sc2c(NCc3ccco3)nc(Cl)nc2c1I.O=CO. The molecule has 0 aromatic carbocycles. The number of nitrogens with two attached hydrogens (primary N) is 1. The molecular weight excluding hydrogens is 519 g/mol. The van der Waals surface area contributed by atoms with Gasteiger partial charge in [0.05, 0.1) is 27.7 Å². The number of halogens is 2. The standard InChI is InChI=1S/C16H16ClIN4O2S.CH2O2/c17-16-21-12-11(18)13(9-3-5-23-7-10(9)19)25-14(12)15(22-16)20-6-8-2-1-4-24-8;2-1-3/h1-2,4,9-10H,3,5-7,19H2,(H,20,21,22);1H,(H,2,3)/t9-,10-;/m0./s1. The van der Waals surface area contributed by atoms with E-state index in [4.69, 9.17) is 36.4 Å². The molecule has 2 atom stereocenters. The molecule has 28 heavy (non-hydrogen) atoms. The van der Waals surface area contributed by atoms with Gasteiger partial charge in [-0.3, -0.25) is 4.79 Å². The first kappa shape index (κ1) is 21.2. The predicted molar refractivity (Wildman–Crippen MR) is 116 cm³/mol. The van der Waals surface area contributed by atoms with Crippen molar-refractivity contribution in [1.29, 1.82) is 0 Å². The van der Waals surface area contributed by atoms with Crippen LogP contribution in [0.4, 0.5) is 5.82 Å². The maximum absolute atomic E-state index is 8.36. The van der Waals surface area contributed by atoms with Gasteiger partial charge in [-0.05, 0) is 52.7 Å².